The van der Waals surface area contributed by atoms with Crippen LogP contribution >= 0.6 is 11.6 Å². The third-order valence-electron chi connectivity index (χ3n) is 2.47. The lowest BCUT2D eigenvalue weighted by molar-refractivity contribution is 0.0292. The number of benzene rings is 1. The first kappa shape index (κ1) is 16.6. The molecular formula is C13H20ClNO3S. The monoisotopic (exact) mass is 305 g/mol. The summed E-state index contributed by atoms with van der Waals surface area (Å²) in [4.78, 5) is 0. The molecule has 0 amide bonds. The molecule has 1 aromatic rings. The number of nitrogens with one attached hydrogen (secondary N) is 1. The third kappa shape index (κ3) is 7.64. The molecule has 2 unspecified atom stereocenters. The van der Waals surface area contributed by atoms with Gasteiger partial charge in [-0.1, -0.05) is 29.8 Å². The minimum atomic E-state index is -0.803. The average molecular weight is 306 g/mol. The van der Waals surface area contributed by atoms with Crippen LogP contribution in [0.15, 0.2) is 24.3 Å². The highest BCUT2D eigenvalue weighted by molar-refractivity contribution is 7.84. The Morgan fingerprint density at radius 2 is 2.21 bits per heavy atom. The summed E-state index contributed by atoms with van der Waals surface area (Å²) < 4.78 is 16.2. The van der Waals surface area contributed by atoms with Gasteiger partial charge in [-0.05, 0) is 11.6 Å². The molecule has 0 aliphatic heterocycles. The van der Waals surface area contributed by atoms with E-state index in [2.05, 4.69) is 5.32 Å². The van der Waals surface area contributed by atoms with Crippen molar-refractivity contribution in [1.29, 1.82) is 0 Å². The maximum atomic E-state index is 10.8. The largest absolute Gasteiger partial charge is 0.389 e. The summed E-state index contributed by atoms with van der Waals surface area (Å²) in [5.41, 5.74) is 0.908. The van der Waals surface area contributed by atoms with Crippen molar-refractivity contribution in [1.82, 2.24) is 5.32 Å². The maximum absolute atomic E-state index is 10.8. The lowest BCUT2D eigenvalue weighted by Gasteiger charge is -2.12. The molecule has 4 nitrogen and oxygen atoms in total. The molecule has 108 valence electrons. The van der Waals surface area contributed by atoms with Gasteiger partial charge < -0.3 is 15.2 Å². The highest BCUT2D eigenvalue weighted by Gasteiger charge is 2.05. The van der Waals surface area contributed by atoms with Crippen LogP contribution in [0.2, 0.25) is 5.02 Å². The molecular weight excluding hydrogens is 286 g/mol. The first-order valence-electron chi connectivity index (χ1n) is 6.09. The Bertz CT molecular complexity index is 403. The fourth-order valence-corrected chi connectivity index (χ4v) is 2.09. The van der Waals surface area contributed by atoms with E-state index >= 15 is 0 Å². The molecule has 1 aromatic carbocycles. The molecule has 2 N–H and O–H groups in total. The van der Waals surface area contributed by atoms with Crippen molar-refractivity contribution in [3.05, 3.63) is 34.9 Å². The van der Waals surface area contributed by atoms with Crippen molar-refractivity contribution in [2.45, 2.75) is 12.7 Å². The van der Waals surface area contributed by atoms with E-state index in [9.17, 15) is 9.32 Å². The average Bonchev–Trinajstić information content (AvgIpc) is 2.37. The topological polar surface area (TPSA) is 58.6 Å². The predicted molar refractivity (Wildman–Crippen MR) is 78.9 cm³/mol. The van der Waals surface area contributed by atoms with Crippen molar-refractivity contribution in [3.8, 4) is 0 Å². The van der Waals surface area contributed by atoms with Gasteiger partial charge in [0.15, 0.2) is 0 Å². The smallest absolute Gasteiger partial charge is 0.0897 e. The molecule has 2 atom stereocenters. The number of rotatable bonds is 9. The summed E-state index contributed by atoms with van der Waals surface area (Å²) in [6.45, 7) is 1.69. The van der Waals surface area contributed by atoms with Crippen LogP contribution in [0.3, 0.4) is 0 Å². The van der Waals surface area contributed by atoms with E-state index < -0.39 is 16.9 Å². The molecule has 0 spiro atoms. The highest BCUT2D eigenvalue weighted by atomic mass is 35.5. The molecule has 1 rings (SSSR count). The molecule has 0 saturated carbocycles. The summed E-state index contributed by atoms with van der Waals surface area (Å²) in [5.74, 6) is 0.590. The first-order valence-corrected chi connectivity index (χ1v) is 8.20. The van der Waals surface area contributed by atoms with Crippen molar-refractivity contribution < 1.29 is 14.1 Å². The number of halogens is 1. The number of ether oxygens (including phenoxy) is 1. The Labute approximate surface area is 121 Å². The standard InChI is InChI=1S/C13H20ClNO3S/c1-19(17)7-6-15-8-12(16)10-18-9-11-4-2-3-5-13(11)14/h2-5,12,15-16H,6-10H2,1H3. The van der Waals surface area contributed by atoms with Gasteiger partial charge in [0.2, 0.25) is 0 Å². The molecule has 0 fully saturated rings. The second-order valence-corrected chi connectivity index (χ2v) is 6.20. The van der Waals surface area contributed by atoms with Crippen LogP contribution in [0.1, 0.15) is 5.56 Å². The van der Waals surface area contributed by atoms with E-state index in [4.69, 9.17) is 16.3 Å². The Balaban J connectivity index is 2.12. The molecule has 0 aliphatic rings. The number of hydrogen-bond donors (Lipinski definition) is 2. The summed E-state index contributed by atoms with van der Waals surface area (Å²) in [7, 11) is -0.803. The molecule has 0 bridgehead atoms. The fraction of sp³-hybridized carbons (Fsp3) is 0.538. The fourth-order valence-electron chi connectivity index (χ4n) is 1.46. The molecule has 0 radical (unpaired) electrons. The normalized spacial score (nSPS) is 14.3. The van der Waals surface area contributed by atoms with E-state index in [-0.39, 0.29) is 6.61 Å². The molecule has 0 aliphatic carbocycles. The van der Waals surface area contributed by atoms with Gasteiger partial charge in [-0.15, -0.1) is 0 Å². The van der Waals surface area contributed by atoms with Crippen LogP contribution in [0, 0.1) is 0 Å². The van der Waals surface area contributed by atoms with Gasteiger partial charge >= 0.3 is 0 Å². The zero-order valence-corrected chi connectivity index (χ0v) is 12.5. The van der Waals surface area contributed by atoms with Crippen molar-refractivity contribution in [3.63, 3.8) is 0 Å². The molecule has 19 heavy (non-hydrogen) atoms. The number of aliphatic hydroxyl groups is 1. The van der Waals surface area contributed by atoms with Crippen molar-refractivity contribution >= 4 is 22.4 Å². The summed E-state index contributed by atoms with van der Waals surface area (Å²) >= 11 is 5.99. The van der Waals surface area contributed by atoms with Crippen LogP contribution in [0.5, 0.6) is 0 Å². The minimum Gasteiger partial charge on any atom is -0.389 e. The van der Waals surface area contributed by atoms with Gasteiger partial charge in [0.25, 0.3) is 0 Å². The third-order valence-corrected chi connectivity index (χ3v) is 3.62. The SMILES string of the molecule is CS(=O)CCNCC(O)COCc1ccccc1Cl. The van der Waals surface area contributed by atoms with Crippen LogP contribution in [0.4, 0.5) is 0 Å². The zero-order valence-electron chi connectivity index (χ0n) is 11.0. The van der Waals surface area contributed by atoms with Crippen molar-refractivity contribution in [2.24, 2.45) is 0 Å². The van der Waals surface area contributed by atoms with Gasteiger partial charge in [0.05, 0.1) is 19.3 Å². The Hall–Kier alpha value is -0.460. The van der Waals surface area contributed by atoms with Gasteiger partial charge in [-0.25, -0.2) is 0 Å². The molecule has 0 heterocycles. The molecule has 0 saturated heterocycles. The Morgan fingerprint density at radius 1 is 1.47 bits per heavy atom. The summed E-state index contributed by atoms with van der Waals surface area (Å²) in [5, 5.41) is 13.4. The lowest BCUT2D eigenvalue weighted by Crippen LogP contribution is -2.32. The maximum Gasteiger partial charge on any atom is 0.0897 e. The number of aliphatic hydroxyl groups excluding tert-OH is 1. The Morgan fingerprint density at radius 3 is 2.89 bits per heavy atom. The van der Waals surface area contributed by atoms with Gasteiger partial charge in [0, 0.05) is 40.9 Å². The quantitative estimate of drug-likeness (QED) is 0.673. The minimum absolute atomic E-state index is 0.243. The lowest BCUT2D eigenvalue weighted by atomic mass is 10.2. The predicted octanol–water partition coefficient (Wildman–Crippen LogP) is 1.19. The van der Waals surface area contributed by atoms with Gasteiger partial charge in [-0.3, -0.25) is 4.21 Å². The Kier molecular flexibility index (Phi) is 8.25. The van der Waals surface area contributed by atoms with E-state index in [0.29, 0.717) is 30.5 Å². The van der Waals surface area contributed by atoms with Gasteiger partial charge in [0.1, 0.15) is 0 Å². The van der Waals surface area contributed by atoms with Crippen LogP contribution < -0.4 is 5.32 Å². The summed E-state index contributed by atoms with van der Waals surface area (Å²) in [6, 6.07) is 7.46. The van der Waals surface area contributed by atoms with E-state index in [1.165, 1.54) is 0 Å². The first-order chi connectivity index (χ1) is 9.09. The van der Waals surface area contributed by atoms with Crippen LogP contribution in [-0.2, 0) is 22.1 Å². The van der Waals surface area contributed by atoms with Crippen molar-refractivity contribution in [2.75, 3.05) is 31.7 Å². The zero-order chi connectivity index (χ0) is 14.1. The molecule has 6 heteroatoms. The van der Waals surface area contributed by atoms with E-state index in [1.807, 2.05) is 24.3 Å². The second-order valence-electron chi connectivity index (χ2n) is 4.24. The van der Waals surface area contributed by atoms with E-state index in [1.54, 1.807) is 6.26 Å². The number of hydrogen-bond acceptors (Lipinski definition) is 4. The van der Waals surface area contributed by atoms with E-state index in [0.717, 1.165) is 5.56 Å². The second kappa shape index (κ2) is 9.44. The van der Waals surface area contributed by atoms with Crippen LogP contribution in [-0.4, -0.2) is 47.1 Å². The van der Waals surface area contributed by atoms with Gasteiger partial charge in [-0.2, -0.15) is 0 Å². The highest BCUT2D eigenvalue weighted by Crippen LogP contribution is 2.15. The molecule has 0 aromatic heterocycles. The summed E-state index contributed by atoms with van der Waals surface area (Å²) in [6.07, 6.45) is 1.08. The van der Waals surface area contributed by atoms with Crippen LogP contribution in [0.25, 0.3) is 0 Å².